The standard InChI is InChI=1S/C16H22N2S/c1-2-13-7-6-8-14(11-13)17-15-18-16(12-19-15)9-4-3-5-10-16/h6-8,11H,2-5,9-10,12H2,1H3,(H,17,18). The van der Waals surface area contributed by atoms with Crippen molar-refractivity contribution in [1.82, 2.24) is 0 Å². The quantitative estimate of drug-likeness (QED) is 0.860. The molecule has 1 N–H and O–H groups in total. The highest BCUT2D eigenvalue weighted by Gasteiger charge is 2.36. The number of benzene rings is 1. The molecule has 0 bridgehead atoms. The fourth-order valence-electron chi connectivity index (χ4n) is 3.01. The lowest BCUT2D eigenvalue weighted by Gasteiger charge is -2.29. The number of hydrogen-bond donors (Lipinski definition) is 1. The van der Waals surface area contributed by atoms with Crippen LogP contribution in [0.2, 0.25) is 0 Å². The zero-order chi connectivity index (χ0) is 13.1. The van der Waals surface area contributed by atoms with Gasteiger partial charge in [-0.2, -0.15) is 0 Å². The second kappa shape index (κ2) is 5.58. The van der Waals surface area contributed by atoms with Gasteiger partial charge < -0.3 is 5.32 Å². The van der Waals surface area contributed by atoms with Crippen molar-refractivity contribution in [2.45, 2.75) is 51.0 Å². The summed E-state index contributed by atoms with van der Waals surface area (Å²) in [6, 6.07) is 8.66. The van der Waals surface area contributed by atoms with Gasteiger partial charge in [-0.05, 0) is 37.0 Å². The minimum atomic E-state index is 0.258. The Balaban J connectivity index is 1.71. The van der Waals surface area contributed by atoms with Crippen molar-refractivity contribution in [3.05, 3.63) is 29.8 Å². The summed E-state index contributed by atoms with van der Waals surface area (Å²) in [4.78, 5) is 5.00. The number of hydrogen-bond acceptors (Lipinski definition) is 3. The van der Waals surface area contributed by atoms with Gasteiger partial charge in [-0.1, -0.05) is 50.1 Å². The van der Waals surface area contributed by atoms with Crippen LogP contribution in [0.4, 0.5) is 5.69 Å². The Morgan fingerprint density at radius 3 is 2.89 bits per heavy atom. The Morgan fingerprint density at radius 1 is 1.26 bits per heavy atom. The minimum absolute atomic E-state index is 0.258. The Kier molecular flexibility index (Phi) is 3.83. The summed E-state index contributed by atoms with van der Waals surface area (Å²) in [6.07, 6.45) is 7.73. The third-order valence-electron chi connectivity index (χ3n) is 4.19. The molecule has 3 rings (SSSR count). The molecule has 1 saturated carbocycles. The third kappa shape index (κ3) is 2.97. The molecule has 0 amide bonds. The maximum atomic E-state index is 5.00. The van der Waals surface area contributed by atoms with Gasteiger partial charge in [-0.15, -0.1) is 0 Å². The molecule has 1 spiro atoms. The van der Waals surface area contributed by atoms with E-state index in [1.807, 2.05) is 11.8 Å². The summed E-state index contributed by atoms with van der Waals surface area (Å²) in [6.45, 7) is 2.19. The zero-order valence-electron chi connectivity index (χ0n) is 11.6. The van der Waals surface area contributed by atoms with Crippen LogP contribution in [0.25, 0.3) is 0 Å². The van der Waals surface area contributed by atoms with Gasteiger partial charge in [-0.25, -0.2) is 0 Å². The molecule has 0 unspecified atom stereocenters. The zero-order valence-corrected chi connectivity index (χ0v) is 12.4. The maximum absolute atomic E-state index is 5.00. The number of aliphatic imine (C=N–C) groups is 1. The van der Waals surface area contributed by atoms with Crippen molar-refractivity contribution in [3.63, 3.8) is 0 Å². The average molecular weight is 274 g/mol. The van der Waals surface area contributed by atoms with E-state index in [0.29, 0.717) is 0 Å². The van der Waals surface area contributed by atoms with Crippen molar-refractivity contribution in [2.24, 2.45) is 4.99 Å². The number of aryl methyl sites for hydroxylation is 1. The van der Waals surface area contributed by atoms with Crippen molar-refractivity contribution < 1.29 is 0 Å². The van der Waals surface area contributed by atoms with Gasteiger partial charge in [0.25, 0.3) is 0 Å². The highest BCUT2D eigenvalue weighted by atomic mass is 32.2. The summed E-state index contributed by atoms with van der Waals surface area (Å²) in [5.41, 5.74) is 2.81. The number of amidine groups is 1. The van der Waals surface area contributed by atoms with Crippen LogP contribution in [-0.2, 0) is 6.42 Å². The molecule has 0 saturated heterocycles. The van der Waals surface area contributed by atoms with Gasteiger partial charge in [-0.3, -0.25) is 4.99 Å². The Hall–Kier alpha value is -0.960. The lowest BCUT2D eigenvalue weighted by Crippen LogP contribution is -2.29. The van der Waals surface area contributed by atoms with Gasteiger partial charge in [0.05, 0.1) is 5.54 Å². The molecule has 0 radical (unpaired) electrons. The topological polar surface area (TPSA) is 24.4 Å². The van der Waals surface area contributed by atoms with Gasteiger partial charge in [0.15, 0.2) is 5.17 Å². The van der Waals surface area contributed by atoms with Crippen LogP contribution < -0.4 is 5.32 Å². The summed E-state index contributed by atoms with van der Waals surface area (Å²) < 4.78 is 0. The average Bonchev–Trinajstić information content (AvgIpc) is 2.82. The number of nitrogens with zero attached hydrogens (tertiary/aromatic N) is 1. The largest absolute Gasteiger partial charge is 0.335 e. The van der Waals surface area contributed by atoms with E-state index in [4.69, 9.17) is 4.99 Å². The molecule has 1 aromatic carbocycles. The first-order valence-electron chi connectivity index (χ1n) is 7.38. The van der Waals surface area contributed by atoms with E-state index in [1.165, 1.54) is 49.1 Å². The normalized spacial score (nSPS) is 21.4. The molecule has 19 heavy (non-hydrogen) atoms. The second-order valence-corrected chi connectivity index (χ2v) is 6.63. The van der Waals surface area contributed by atoms with E-state index in [2.05, 4.69) is 36.5 Å². The van der Waals surface area contributed by atoms with Crippen LogP contribution in [0.15, 0.2) is 29.3 Å². The number of anilines is 1. The molecule has 1 heterocycles. The molecule has 3 heteroatoms. The summed E-state index contributed by atoms with van der Waals surface area (Å²) in [5.74, 6) is 1.17. The minimum Gasteiger partial charge on any atom is -0.335 e. The van der Waals surface area contributed by atoms with Crippen LogP contribution in [0.5, 0.6) is 0 Å². The molecule has 1 aliphatic heterocycles. The lowest BCUT2D eigenvalue weighted by atomic mass is 9.84. The third-order valence-corrected chi connectivity index (χ3v) is 5.34. The molecule has 0 atom stereocenters. The summed E-state index contributed by atoms with van der Waals surface area (Å²) >= 11 is 1.89. The van der Waals surface area contributed by atoms with Crippen LogP contribution in [-0.4, -0.2) is 16.5 Å². The fourth-order valence-corrected chi connectivity index (χ4v) is 4.21. The van der Waals surface area contributed by atoms with E-state index < -0.39 is 0 Å². The molecule has 2 aliphatic rings. The molecular weight excluding hydrogens is 252 g/mol. The molecule has 1 fully saturated rings. The van der Waals surface area contributed by atoms with E-state index in [9.17, 15) is 0 Å². The predicted molar refractivity (Wildman–Crippen MR) is 85.2 cm³/mol. The first kappa shape index (κ1) is 13.0. The highest BCUT2D eigenvalue weighted by Crippen LogP contribution is 2.39. The highest BCUT2D eigenvalue weighted by molar-refractivity contribution is 8.14. The van der Waals surface area contributed by atoms with Crippen molar-refractivity contribution in [2.75, 3.05) is 11.1 Å². The smallest absolute Gasteiger partial charge is 0.161 e. The molecule has 2 nitrogen and oxygen atoms in total. The van der Waals surface area contributed by atoms with Gasteiger partial charge in [0, 0.05) is 11.4 Å². The maximum Gasteiger partial charge on any atom is 0.161 e. The van der Waals surface area contributed by atoms with Crippen LogP contribution >= 0.6 is 11.8 Å². The van der Waals surface area contributed by atoms with Crippen molar-refractivity contribution in [3.8, 4) is 0 Å². The monoisotopic (exact) mass is 274 g/mol. The molecule has 0 aromatic heterocycles. The van der Waals surface area contributed by atoms with E-state index in [0.717, 1.165) is 11.6 Å². The number of nitrogens with one attached hydrogen (secondary N) is 1. The SMILES string of the molecule is CCc1cccc(NC2=NC3(CCCCC3)CS2)c1. The Labute approximate surface area is 120 Å². The Morgan fingerprint density at radius 2 is 2.11 bits per heavy atom. The van der Waals surface area contributed by atoms with Crippen LogP contribution in [0.3, 0.4) is 0 Å². The fraction of sp³-hybridized carbons (Fsp3) is 0.562. The molecule has 1 aliphatic carbocycles. The first-order chi connectivity index (χ1) is 9.30. The predicted octanol–water partition coefficient (Wildman–Crippen LogP) is 4.47. The summed E-state index contributed by atoms with van der Waals surface area (Å²) in [7, 11) is 0. The van der Waals surface area contributed by atoms with E-state index >= 15 is 0 Å². The van der Waals surface area contributed by atoms with Crippen molar-refractivity contribution >= 4 is 22.6 Å². The van der Waals surface area contributed by atoms with Crippen LogP contribution in [0.1, 0.15) is 44.6 Å². The summed E-state index contributed by atoms with van der Waals surface area (Å²) in [5, 5.41) is 4.62. The number of thioether (sulfide) groups is 1. The molecule has 102 valence electrons. The van der Waals surface area contributed by atoms with Gasteiger partial charge in [0.2, 0.25) is 0 Å². The van der Waals surface area contributed by atoms with Crippen molar-refractivity contribution in [1.29, 1.82) is 0 Å². The first-order valence-corrected chi connectivity index (χ1v) is 8.37. The van der Waals surface area contributed by atoms with E-state index in [-0.39, 0.29) is 5.54 Å². The van der Waals surface area contributed by atoms with Gasteiger partial charge >= 0.3 is 0 Å². The lowest BCUT2D eigenvalue weighted by molar-refractivity contribution is 0.335. The Bertz CT molecular complexity index is 475. The number of rotatable bonds is 2. The van der Waals surface area contributed by atoms with Gasteiger partial charge in [0.1, 0.15) is 0 Å². The van der Waals surface area contributed by atoms with E-state index in [1.54, 1.807) is 0 Å². The van der Waals surface area contributed by atoms with Crippen LogP contribution in [0, 0.1) is 0 Å². The molecule has 1 aromatic rings. The molecular formula is C16H22N2S. The second-order valence-electron chi connectivity index (χ2n) is 5.67.